The third kappa shape index (κ3) is 5.99. The van der Waals surface area contributed by atoms with E-state index in [9.17, 15) is 8.78 Å². The average Bonchev–Trinajstić information content (AvgIpc) is 3.67. The van der Waals surface area contributed by atoms with Gasteiger partial charge in [0, 0.05) is 12.2 Å². The first-order chi connectivity index (χ1) is 16.4. The molecule has 2 aliphatic rings. The second-order valence-corrected chi connectivity index (χ2v) is 8.67. The van der Waals surface area contributed by atoms with Crippen LogP contribution in [0.2, 0.25) is 0 Å². The van der Waals surface area contributed by atoms with Crippen LogP contribution in [-0.4, -0.2) is 54.0 Å². The number of hydrogen-bond donors (Lipinski definition) is 2. The van der Waals surface area contributed by atoms with E-state index in [-0.39, 0.29) is 41.4 Å². The maximum absolute atomic E-state index is 14.8. The van der Waals surface area contributed by atoms with Crippen LogP contribution in [0.4, 0.5) is 14.7 Å². The zero-order valence-corrected chi connectivity index (χ0v) is 19.4. The molecular weight excluding hydrogens is 442 g/mol. The molecule has 1 aliphatic carbocycles. The lowest BCUT2D eigenvalue weighted by atomic mass is 10.0. The second kappa shape index (κ2) is 10.8. The molecule has 0 bridgehead atoms. The number of methoxy groups -OCH3 is 1. The molecule has 2 aromatic rings. The Morgan fingerprint density at radius 1 is 1.21 bits per heavy atom. The van der Waals surface area contributed by atoms with Gasteiger partial charge in [0.1, 0.15) is 18.3 Å². The lowest BCUT2D eigenvalue weighted by molar-refractivity contribution is 0.244. The highest BCUT2D eigenvalue weighted by Gasteiger charge is 2.31. The topological polar surface area (TPSA) is 97.9 Å². The quantitative estimate of drug-likeness (QED) is 0.426. The first-order valence-corrected chi connectivity index (χ1v) is 11.4. The number of benzene rings is 1. The van der Waals surface area contributed by atoms with Crippen LogP contribution in [0.25, 0.3) is 0 Å². The van der Waals surface area contributed by atoms with E-state index in [4.69, 9.17) is 15.2 Å². The van der Waals surface area contributed by atoms with Gasteiger partial charge in [-0.25, -0.2) is 18.7 Å². The summed E-state index contributed by atoms with van der Waals surface area (Å²) in [5, 5.41) is 3.33. The molecule has 8 nitrogen and oxygen atoms in total. The van der Waals surface area contributed by atoms with E-state index in [0.29, 0.717) is 11.6 Å². The molecule has 0 amide bonds. The van der Waals surface area contributed by atoms with Crippen LogP contribution in [0.15, 0.2) is 35.7 Å². The molecule has 1 aromatic heterocycles. The molecule has 3 N–H and O–H groups in total. The Morgan fingerprint density at radius 3 is 2.56 bits per heavy atom. The lowest BCUT2D eigenvalue weighted by Crippen LogP contribution is -2.38. The van der Waals surface area contributed by atoms with Gasteiger partial charge in [0.2, 0.25) is 0 Å². The van der Waals surface area contributed by atoms with Crippen LogP contribution >= 0.6 is 0 Å². The molecule has 0 unspecified atom stereocenters. The van der Waals surface area contributed by atoms with Crippen LogP contribution < -0.4 is 20.5 Å². The van der Waals surface area contributed by atoms with Crippen LogP contribution in [0, 0.1) is 11.6 Å². The van der Waals surface area contributed by atoms with Gasteiger partial charge in [-0.15, -0.1) is 0 Å². The summed E-state index contributed by atoms with van der Waals surface area (Å²) in [7, 11) is 3.48. The smallest absolute Gasteiger partial charge is 0.251 e. The number of hydrogen-bond acceptors (Lipinski definition) is 7. The molecule has 10 heteroatoms. The number of rotatable bonds is 9. The van der Waals surface area contributed by atoms with Crippen LogP contribution in [0.1, 0.15) is 42.7 Å². The maximum atomic E-state index is 14.8. The lowest BCUT2D eigenvalue weighted by Gasteiger charge is -2.28. The summed E-state index contributed by atoms with van der Waals surface area (Å²) < 4.78 is 40.1. The van der Waals surface area contributed by atoms with Crippen molar-refractivity contribution in [2.24, 2.45) is 10.7 Å². The number of piperidine rings is 1. The van der Waals surface area contributed by atoms with Crippen molar-refractivity contribution in [3.05, 3.63) is 53.5 Å². The number of aliphatic imine (C=N–C) groups is 1. The van der Waals surface area contributed by atoms with Gasteiger partial charge in [0.05, 0.1) is 25.1 Å². The number of amidine groups is 1. The van der Waals surface area contributed by atoms with Crippen molar-refractivity contribution in [2.75, 3.05) is 27.2 Å². The SMILES string of the molecule is COc1cc(C2CC2)c(F)c(COc2cnc(/N=C(N)\C=C/NC3CCN(C)CC3)nc2)c1F. The highest BCUT2D eigenvalue weighted by atomic mass is 19.1. The number of nitrogens with one attached hydrogen (secondary N) is 1. The fraction of sp³-hybridized carbons (Fsp3) is 0.458. The van der Waals surface area contributed by atoms with Crippen LogP contribution in [-0.2, 0) is 6.61 Å². The molecule has 1 saturated carbocycles. The van der Waals surface area contributed by atoms with Crippen molar-refractivity contribution in [2.45, 2.75) is 44.2 Å². The van der Waals surface area contributed by atoms with E-state index in [2.05, 4.69) is 32.2 Å². The summed E-state index contributed by atoms with van der Waals surface area (Å²) in [6, 6.07) is 1.86. The molecule has 4 rings (SSSR count). The predicted octanol–water partition coefficient (Wildman–Crippen LogP) is 3.41. The fourth-order valence-electron chi connectivity index (χ4n) is 3.85. The summed E-state index contributed by atoms with van der Waals surface area (Å²) in [6.07, 6.45) is 10.1. The Balaban J connectivity index is 1.34. The molecule has 1 aromatic carbocycles. The number of halogens is 2. The van der Waals surface area contributed by atoms with Gasteiger partial charge in [-0.2, -0.15) is 4.99 Å². The summed E-state index contributed by atoms with van der Waals surface area (Å²) >= 11 is 0. The molecular formula is C24H30F2N6O2. The Hall–Kier alpha value is -3.27. The molecule has 0 atom stereocenters. The minimum Gasteiger partial charge on any atom is -0.494 e. The highest BCUT2D eigenvalue weighted by Crippen LogP contribution is 2.44. The summed E-state index contributed by atoms with van der Waals surface area (Å²) in [6.45, 7) is 1.82. The summed E-state index contributed by atoms with van der Waals surface area (Å²) in [5.41, 5.74) is 6.22. The largest absolute Gasteiger partial charge is 0.494 e. The van der Waals surface area contributed by atoms with Crippen molar-refractivity contribution in [1.82, 2.24) is 20.2 Å². The first-order valence-electron chi connectivity index (χ1n) is 11.4. The first kappa shape index (κ1) is 23.9. The minimum absolute atomic E-state index is 0.0108. The number of likely N-dealkylation sites (tertiary alicyclic amines) is 1. The van der Waals surface area contributed by atoms with E-state index in [1.807, 2.05) is 0 Å². The average molecular weight is 473 g/mol. The zero-order valence-electron chi connectivity index (χ0n) is 19.4. The number of ether oxygens (including phenoxy) is 2. The van der Waals surface area contributed by atoms with E-state index < -0.39 is 11.6 Å². The standard InChI is InChI=1S/C24H30F2N6O2/c1-32-9-6-16(7-10-32)28-8-5-21(27)31-24-29-12-17(13-30-24)34-14-19-22(25)18(15-3-4-15)11-20(33-2)23(19)26/h5,8,11-13,15-16,28H,3-4,6-7,9-10,14H2,1-2H3,(H2,27,29,30,31)/b8-5-. The van der Waals surface area contributed by atoms with E-state index in [1.165, 1.54) is 25.6 Å². The van der Waals surface area contributed by atoms with Crippen molar-refractivity contribution in [3.8, 4) is 11.5 Å². The van der Waals surface area contributed by atoms with E-state index in [0.717, 1.165) is 38.8 Å². The van der Waals surface area contributed by atoms with Gasteiger partial charge < -0.3 is 25.4 Å². The highest BCUT2D eigenvalue weighted by molar-refractivity contribution is 5.92. The van der Waals surface area contributed by atoms with Crippen molar-refractivity contribution < 1.29 is 18.3 Å². The molecule has 182 valence electrons. The Kier molecular flexibility index (Phi) is 7.56. The minimum atomic E-state index is -0.764. The monoisotopic (exact) mass is 472 g/mol. The predicted molar refractivity (Wildman–Crippen MR) is 125 cm³/mol. The van der Waals surface area contributed by atoms with Crippen molar-refractivity contribution in [1.29, 1.82) is 0 Å². The maximum Gasteiger partial charge on any atom is 0.251 e. The molecule has 0 spiro atoms. The van der Waals surface area contributed by atoms with Gasteiger partial charge in [-0.1, -0.05) is 0 Å². The van der Waals surface area contributed by atoms with E-state index in [1.54, 1.807) is 12.3 Å². The Morgan fingerprint density at radius 2 is 1.91 bits per heavy atom. The second-order valence-electron chi connectivity index (χ2n) is 8.67. The number of nitrogens with zero attached hydrogens (tertiary/aromatic N) is 4. The normalized spacial score (nSPS) is 17.8. The van der Waals surface area contributed by atoms with Crippen molar-refractivity contribution >= 4 is 11.8 Å². The molecule has 2 fully saturated rings. The third-order valence-corrected chi connectivity index (χ3v) is 6.05. The third-order valence-electron chi connectivity index (χ3n) is 6.05. The zero-order chi connectivity index (χ0) is 24.1. The summed E-state index contributed by atoms with van der Waals surface area (Å²) in [4.78, 5) is 14.6. The molecule has 34 heavy (non-hydrogen) atoms. The van der Waals surface area contributed by atoms with Gasteiger partial charge in [0.25, 0.3) is 5.95 Å². The van der Waals surface area contributed by atoms with Crippen LogP contribution in [0.5, 0.6) is 11.5 Å². The van der Waals surface area contributed by atoms with Gasteiger partial charge >= 0.3 is 0 Å². The van der Waals surface area contributed by atoms with Gasteiger partial charge in [-0.05, 0) is 69.4 Å². The van der Waals surface area contributed by atoms with Crippen molar-refractivity contribution in [3.63, 3.8) is 0 Å². The van der Waals surface area contributed by atoms with Gasteiger partial charge in [0.15, 0.2) is 17.3 Å². The molecule has 1 saturated heterocycles. The molecule has 1 aliphatic heterocycles. The fourth-order valence-corrected chi connectivity index (χ4v) is 3.85. The Labute approximate surface area is 197 Å². The van der Waals surface area contributed by atoms with Crippen LogP contribution in [0.3, 0.4) is 0 Å². The Bertz CT molecular complexity index is 1050. The molecule has 2 heterocycles. The summed E-state index contributed by atoms with van der Waals surface area (Å²) in [5.74, 6) is -0.571. The molecule has 0 radical (unpaired) electrons. The number of aromatic nitrogens is 2. The number of nitrogens with two attached hydrogens (primary N) is 1. The van der Waals surface area contributed by atoms with Gasteiger partial charge in [-0.3, -0.25) is 0 Å². The van der Waals surface area contributed by atoms with E-state index >= 15 is 0 Å².